The molecule has 2 aromatic rings. The molecule has 0 spiro atoms. The number of likely N-dealkylation sites (N-methyl/N-ethyl adjacent to an activating group) is 1. The smallest absolute Gasteiger partial charge is 0.414 e. The number of anilines is 3. The molecule has 5 rings (SSSR count). The van der Waals surface area contributed by atoms with Crippen molar-refractivity contribution < 1.29 is 41.8 Å². The van der Waals surface area contributed by atoms with Crippen molar-refractivity contribution in [3.05, 3.63) is 42.0 Å². The van der Waals surface area contributed by atoms with Crippen LogP contribution in [-0.2, 0) is 19.2 Å². The highest BCUT2D eigenvalue weighted by atomic mass is 19.4. The molecule has 3 atom stereocenters. The van der Waals surface area contributed by atoms with Crippen LogP contribution < -0.4 is 15.1 Å². The van der Waals surface area contributed by atoms with Crippen LogP contribution in [0.3, 0.4) is 0 Å². The van der Waals surface area contributed by atoms with Crippen molar-refractivity contribution in [1.29, 1.82) is 0 Å². The molecule has 13 nitrogen and oxygen atoms in total. The number of aliphatic carboxylic acids is 1. The molecule has 3 aliphatic heterocycles. The molecule has 0 bridgehead atoms. The molecule has 4 heterocycles. The molecule has 1 aromatic heterocycles. The van der Waals surface area contributed by atoms with Crippen molar-refractivity contribution in [1.82, 2.24) is 19.8 Å². The third-order valence-electron chi connectivity index (χ3n) is 9.04. The second-order valence-corrected chi connectivity index (χ2v) is 12.3. The highest BCUT2D eigenvalue weighted by Crippen LogP contribution is 2.38. The summed E-state index contributed by atoms with van der Waals surface area (Å²) in [5.74, 6) is -5.77. The van der Waals surface area contributed by atoms with Crippen LogP contribution in [0, 0.1) is 11.7 Å². The second kappa shape index (κ2) is 14.3. The monoisotopic (exact) mass is 688 g/mol. The fourth-order valence-electron chi connectivity index (χ4n) is 6.06. The number of nitrogens with one attached hydrogen (secondary N) is 1. The van der Waals surface area contributed by atoms with Gasteiger partial charge in [0.2, 0.25) is 17.8 Å². The Balaban J connectivity index is 1.41. The maximum atomic E-state index is 15.9. The molecular weight excluding hydrogens is 652 g/mol. The molecule has 17 heteroatoms. The quantitative estimate of drug-likeness (QED) is 0.396. The van der Waals surface area contributed by atoms with Crippen LogP contribution in [0.2, 0.25) is 0 Å². The van der Waals surface area contributed by atoms with Gasteiger partial charge < -0.3 is 25.1 Å². The average Bonchev–Trinajstić information content (AvgIpc) is 3.06. The molecule has 3 amide bonds. The summed E-state index contributed by atoms with van der Waals surface area (Å²) in [5.41, 5.74) is -0.786. The Morgan fingerprint density at radius 2 is 1.61 bits per heavy atom. The van der Waals surface area contributed by atoms with E-state index < -0.39 is 41.3 Å². The number of piperazine rings is 2. The third kappa shape index (κ3) is 8.04. The summed E-state index contributed by atoms with van der Waals surface area (Å²) in [6, 6.07) is 2.63. The number of rotatable bonds is 8. The van der Waals surface area contributed by atoms with Crippen molar-refractivity contribution >= 4 is 47.2 Å². The van der Waals surface area contributed by atoms with E-state index in [9.17, 15) is 32.3 Å². The number of carboxylic acid groups (broad SMARTS) is 1. The number of benzene rings is 1. The van der Waals surface area contributed by atoms with Crippen molar-refractivity contribution in [3.8, 4) is 11.1 Å². The number of carboxylic acids is 1. The topological polar surface area (TPSA) is 152 Å². The maximum Gasteiger partial charge on any atom is 0.414 e. The summed E-state index contributed by atoms with van der Waals surface area (Å²) in [7, 11) is 1.96. The minimum atomic E-state index is -4.97. The number of carbonyl (C=O) groups is 4. The van der Waals surface area contributed by atoms with Crippen LogP contribution >= 0.6 is 0 Å². The fraction of sp³-hybridized carbons (Fsp3) is 0.469. The van der Waals surface area contributed by atoms with E-state index in [0.29, 0.717) is 57.5 Å². The molecule has 2 N–H and O–H groups in total. The van der Waals surface area contributed by atoms with Gasteiger partial charge in [-0.1, -0.05) is 0 Å². The number of aromatic nitrogens is 2. The molecule has 2 saturated heterocycles. The Bertz CT molecular complexity index is 1660. The number of aliphatic imine (C=N–C) groups is 1. The molecule has 262 valence electrons. The number of hydrogen-bond donors (Lipinski definition) is 2. The Hall–Kier alpha value is -4.93. The van der Waals surface area contributed by atoms with E-state index in [1.807, 2.05) is 30.7 Å². The van der Waals surface area contributed by atoms with Crippen LogP contribution in [0.1, 0.15) is 26.7 Å². The minimum Gasteiger partial charge on any atom is -0.481 e. The zero-order chi connectivity index (χ0) is 35.6. The number of dihydropyridines is 1. The van der Waals surface area contributed by atoms with Gasteiger partial charge in [0.1, 0.15) is 11.7 Å². The van der Waals surface area contributed by atoms with Crippen molar-refractivity contribution in [2.75, 3.05) is 61.4 Å². The van der Waals surface area contributed by atoms with E-state index in [1.165, 1.54) is 24.5 Å². The lowest BCUT2D eigenvalue weighted by Crippen LogP contribution is -2.55. The molecule has 0 radical (unpaired) electrons. The van der Waals surface area contributed by atoms with Crippen LogP contribution in [0.15, 0.2) is 41.2 Å². The maximum absolute atomic E-state index is 15.9. The van der Waals surface area contributed by atoms with Gasteiger partial charge in [0.25, 0.3) is 5.91 Å². The number of carbonyl (C=O) groups excluding carboxylic acids is 3. The number of halogens is 4. The Labute approximate surface area is 279 Å². The molecule has 0 saturated carbocycles. The zero-order valence-corrected chi connectivity index (χ0v) is 27.1. The molecule has 1 aromatic carbocycles. The van der Waals surface area contributed by atoms with E-state index in [1.54, 1.807) is 4.90 Å². The first-order valence-electron chi connectivity index (χ1n) is 15.7. The molecule has 1 unspecified atom stereocenters. The third-order valence-corrected chi connectivity index (χ3v) is 9.04. The molecule has 2 fully saturated rings. The predicted molar refractivity (Wildman–Crippen MR) is 172 cm³/mol. The SMILES string of the molecule is C[C@@H]1CN(c2cc(F)c(-c3cnc(N4CCN(C(=O)CCC(=O)O)CC4)nc3)cc2NC(=O)C2C=NC(=O)C=C2C(F)(F)F)C[C@H](C)N1C. The van der Waals surface area contributed by atoms with Crippen molar-refractivity contribution in [2.24, 2.45) is 10.9 Å². The largest absolute Gasteiger partial charge is 0.481 e. The number of amides is 3. The van der Waals surface area contributed by atoms with E-state index in [-0.39, 0.29) is 53.3 Å². The summed E-state index contributed by atoms with van der Waals surface area (Å²) >= 11 is 0. The number of nitrogens with zero attached hydrogens (tertiary/aromatic N) is 7. The standard InChI is InChI=1S/C32H36F4N8O5/c1-18-16-44(17-19(2)41(18)3)26-12-24(33)21(10-25(26)40-30(49)22-15-37-27(45)11-23(22)32(34,35)36)20-13-38-31(39-14-20)43-8-6-42(7-9-43)28(46)4-5-29(47)48/h10-15,18-19,22H,4-9,16-17H2,1-3H3,(H,40,49)(H,47,48)/t18-,19+,22?. The molecular formula is C32H36F4N8O5. The van der Waals surface area contributed by atoms with Gasteiger partial charge in [-0.15, -0.1) is 0 Å². The fourth-order valence-corrected chi connectivity index (χ4v) is 6.06. The summed E-state index contributed by atoms with van der Waals surface area (Å²) in [4.78, 5) is 67.6. The van der Waals surface area contributed by atoms with Crippen LogP contribution in [0.5, 0.6) is 0 Å². The Morgan fingerprint density at radius 3 is 2.20 bits per heavy atom. The van der Waals surface area contributed by atoms with Crippen molar-refractivity contribution in [3.63, 3.8) is 0 Å². The Kier molecular flexibility index (Phi) is 10.3. The van der Waals surface area contributed by atoms with E-state index in [4.69, 9.17) is 5.11 Å². The van der Waals surface area contributed by atoms with Gasteiger partial charge in [0.15, 0.2) is 0 Å². The average molecular weight is 689 g/mol. The highest BCUT2D eigenvalue weighted by molar-refractivity contribution is 6.11. The molecule has 3 aliphatic rings. The predicted octanol–water partition coefficient (Wildman–Crippen LogP) is 2.98. The Morgan fingerprint density at radius 1 is 0.980 bits per heavy atom. The van der Waals surface area contributed by atoms with Gasteiger partial charge in [-0.3, -0.25) is 24.1 Å². The summed E-state index contributed by atoms with van der Waals surface area (Å²) in [6.07, 6.45) is -1.58. The molecule has 0 aliphatic carbocycles. The van der Waals surface area contributed by atoms with Gasteiger partial charge in [0, 0.05) is 93.6 Å². The van der Waals surface area contributed by atoms with Crippen LogP contribution in [0.4, 0.5) is 34.9 Å². The van der Waals surface area contributed by atoms with Gasteiger partial charge in [-0.25, -0.2) is 19.4 Å². The summed E-state index contributed by atoms with van der Waals surface area (Å²) in [5, 5.41) is 11.4. The van der Waals surface area contributed by atoms with Crippen molar-refractivity contribution in [2.45, 2.75) is 44.9 Å². The van der Waals surface area contributed by atoms with Gasteiger partial charge in [-0.2, -0.15) is 13.2 Å². The first-order valence-corrected chi connectivity index (χ1v) is 15.7. The zero-order valence-electron chi connectivity index (χ0n) is 27.1. The summed E-state index contributed by atoms with van der Waals surface area (Å²) in [6.45, 7) is 6.34. The van der Waals surface area contributed by atoms with E-state index in [0.717, 1.165) is 0 Å². The number of alkyl halides is 3. The highest BCUT2D eigenvalue weighted by Gasteiger charge is 2.43. The normalized spacial score (nSPS) is 21.9. The first-order chi connectivity index (χ1) is 23.1. The minimum absolute atomic E-state index is 0.00579. The molecule has 49 heavy (non-hydrogen) atoms. The van der Waals surface area contributed by atoms with Crippen LogP contribution in [-0.4, -0.2) is 119 Å². The van der Waals surface area contributed by atoms with E-state index in [2.05, 4.69) is 25.2 Å². The van der Waals surface area contributed by atoms with Gasteiger partial charge in [0.05, 0.1) is 23.4 Å². The summed E-state index contributed by atoms with van der Waals surface area (Å²) < 4.78 is 57.3. The second-order valence-electron chi connectivity index (χ2n) is 12.3. The van der Waals surface area contributed by atoms with Crippen LogP contribution in [0.25, 0.3) is 11.1 Å². The lowest BCUT2D eigenvalue weighted by atomic mass is 9.95. The lowest BCUT2D eigenvalue weighted by Gasteiger charge is -2.44. The van der Waals surface area contributed by atoms with E-state index >= 15 is 4.39 Å². The van der Waals surface area contributed by atoms with Gasteiger partial charge in [-0.05, 0) is 33.0 Å². The first kappa shape index (κ1) is 35.4. The van der Waals surface area contributed by atoms with Gasteiger partial charge >= 0.3 is 12.1 Å². The number of hydrogen-bond acceptors (Lipinski definition) is 9. The lowest BCUT2D eigenvalue weighted by molar-refractivity contribution is -0.141.